The predicted molar refractivity (Wildman–Crippen MR) is 73.3 cm³/mol. The SMILES string of the molecule is CSC(C)CCNC(C)c1cccnc1Cl. The van der Waals surface area contributed by atoms with E-state index in [0.29, 0.717) is 10.4 Å². The summed E-state index contributed by atoms with van der Waals surface area (Å²) < 4.78 is 0. The second-order valence-corrected chi connectivity index (χ2v) is 5.53. The van der Waals surface area contributed by atoms with Crippen molar-refractivity contribution in [2.75, 3.05) is 12.8 Å². The van der Waals surface area contributed by atoms with Crippen molar-refractivity contribution in [3.63, 3.8) is 0 Å². The fourth-order valence-corrected chi connectivity index (χ4v) is 2.09. The van der Waals surface area contributed by atoms with Crippen molar-refractivity contribution >= 4 is 23.4 Å². The van der Waals surface area contributed by atoms with Crippen molar-refractivity contribution in [2.45, 2.75) is 31.6 Å². The smallest absolute Gasteiger partial charge is 0.133 e. The second kappa shape index (κ2) is 7.15. The zero-order chi connectivity index (χ0) is 12.0. The van der Waals surface area contributed by atoms with Crippen LogP contribution < -0.4 is 5.32 Å². The monoisotopic (exact) mass is 258 g/mol. The summed E-state index contributed by atoms with van der Waals surface area (Å²) >= 11 is 7.93. The Morgan fingerprint density at radius 1 is 1.50 bits per heavy atom. The molecular weight excluding hydrogens is 240 g/mol. The number of rotatable bonds is 6. The number of hydrogen-bond donors (Lipinski definition) is 1. The van der Waals surface area contributed by atoms with Crippen molar-refractivity contribution in [1.29, 1.82) is 0 Å². The van der Waals surface area contributed by atoms with Gasteiger partial charge in [0, 0.05) is 23.1 Å². The van der Waals surface area contributed by atoms with Crippen LogP contribution in [0.25, 0.3) is 0 Å². The third-order valence-corrected chi connectivity index (χ3v) is 4.01. The van der Waals surface area contributed by atoms with E-state index in [-0.39, 0.29) is 6.04 Å². The van der Waals surface area contributed by atoms with Crippen LogP contribution in [0.3, 0.4) is 0 Å². The summed E-state index contributed by atoms with van der Waals surface area (Å²) in [5.41, 5.74) is 1.07. The number of thioether (sulfide) groups is 1. The number of nitrogens with one attached hydrogen (secondary N) is 1. The Morgan fingerprint density at radius 3 is 2.88 bits per heavy atom. The third-order valence-electron chi connectivity index (χ3n) is 2.66. The van der Waals surface area contributed by atoms with E-state index in [9.17, 15) is 0 Å². The lowest BCUT2D eigenvalue weighted by Crippen LogP contribution is -2.22. The summed E-state index contributed by atoms with van der Waals surface area (Å²) in [6.45, 7) is 5.37. The van der Waals surface area contributed by atoms with Crippen LogP contribution in [-0.4, -0.2) is 23.0 Å². The van der Waals surface area contributed by atoms with Gasteiger partial charge in [0.15, 0.2) is 0 Å². The highest BCUT2D eigenvalue weighted by Gasteiger charge is 2.09. The molecule has 0 aliphatic heterocycles. The van der Waals surface area contributed by atoms with Gasteiger partial charge in [0.05, 0.1) is 0 Å². The van der Waals surface area contributed by atoms with Gasteiger partial charge in [-0.15, -0.1) is 0 Å². The van der Waals surface area contributed by atoms with E-state index in [1.165, 1.54) is 6.42 Å². The highest BCUT2D eigenvalue weighted by molar-refractivity contribution is 7.99. The summed E-state index contributed by atoms with van der Waals surface area (Å²) in [7, 11) is 0. The van der Waals surface area contributed by atoms with E-state index in [0.717, 1.165) is 12.1 Å². The molecular formula is C12H19ClN2S. The van der Waals surface area contributed by atoms with Gasteiger partial charge in [0.25, 0.3) is 0 Å². The van der Waals surface area contributed by atoms with Crippen LogP contribution in [0.2, 0.25) is 5.15 Å². The first-order chi connectivity index (χ1) is 7.65. The molecule has 0 bridgehead atoms. The molecule has 1 rings (SSSR count). The summed E-state index contributed by atoms with van der Waals surface area (Å²) in [6.07, 6.45) is 5.03. The maximum Gasteiger partial charge on any atom is 0.133 e. The van der Waals surface area contributed by atoms with Gasteiger partial charge in [-0.25, -0.2) is 4.98 Å². The highest BCUT2D eigenvalue weighted by Crippen LogP contribution is 2.20. The molecule has 0 fully saturated rings. The van der Waals surface area contributed by atoms with Gasteiger partial charge >= 0.3 is 0 Å². The van der Waals surface area contributed by atoms with Gasteiger partial charge in [-0.05, 0) is 32.2 Å². The van der Waals surface area contributed by atoms with Gasteiger partial charge in [0.2, 0.25) is 0 Å². The van der Waals surface area contributed by atoms with E-state index < -0.39 is 0 Å². The number of hydrogen-bond acceptors (Lipinski definition) is 3. The van der Waals surface area contributed by atoms with Crippen LogP contribution in [-0.2, 0) is 0 Å². The zero-order valence-electron chi connectivity index (χ0n) is 10.0. The Kier molecular flexibility index (Phi) is 6.17. The van der Waals surface area contributed by atoms with Gasteiger partial charge in [0.1, 0.15) is 5.15 Å². The Balaban J connectivity index is 2.41. The van der Waals surface area contributed by atoms with Crippen LogP contribution >= 0.6 is 23.4 Å². The van der Waals surface area contributed by atoms with Crippen LogP contribution in [0.5, 0.6) is 0 Å². The minimum Gasteiger partial charge on any atom is -0.310 e. The van der Waals surface area contributed by atoms with Crippen molar-refractivity contribution in [1.82, 2.24) is 10.3 Å². The van der Waals surface area contributed by atoms with E-state index in [4.69, 9.17) is 11.6 Å². The molecule has 0 radical (unpaired) electrons. The van der Waals surface area contributed by atoms with Crippen LogP contribution in [0.15, 0.2) is 18.3 Å². The molecule has 4 heteroatoms. The average molecular weight is 259 g/mol. The lowest BCUT2D eigenvalue weighted by atomic mass is 10.1. The van der Waals surface area contributed by atoms with Gasteiger partial charge in [-0.2, -0.15) is 11.8 Å². The Labute approximate surface area is 107 Å². The molecule has 1 N–H and O–H groups in total. The van der Waals surface area contributed by atoms with Crippen molar-refractivity contribution in [2.24, 2.45) is 0 Å². The standard InChI is InChI=1S/C12H19ClN2S/c1-9(16-3)6-8-14-10(2)11-5-4-7-15-12(11)13/h4-5,7,9-10,14H,6,8H2,1-3H3. The van der Waals surface area contributed by atoms with E-state index in [2.05, 4.69) is 30.4 Å². The van der Waals surface area contributed by atoms with Gasteiger partial charge in [-0.1, -0.05) is 24.6 Å². The molecule has 2 nitrogen and oxygen atoms in total. The first kappa shape index (κ1) is 13.8. The first-order valence-electron chi connectivity index (χ1n) is 5.51. The molecule has 90 valence electrons. The van der Waals surface area contributed by atoms with Gasteiger partial charge < -0.3 is 5.32 Å². The average Bonchev–Trinajstić information content (AvgIpc) is 2.29. The van der Waals surface area contributed by atoms with Crippen LogP contribution in [0.4, 0.5) is 0 Å². The molecule has 0 saturated carbocycles. The maximum absolute atomic E-state index is 6.03. The molecule has 0 aromatic carbocycles. The predicted octanol–water partition coefficient (Wildman–Crippen LogP) is 3.53. The minimum absolute atomic E-state index is 0.259. The quantitative estimate of drug-likeness (QED) is 0.791. The molecule has 16 heavy (non-hydrogen) atoms. The summed E-state index contributed by atoms with van der Waals surface area (Å²) in [4.78, 5) is 4.08. The molecule has 1 aromatic heterocycles. The van der Waals surface area contributed by atoms with Crippen LogP contribution in [0.1, 0.15) is 31.9 Å². The third kappa shape index (κ3) is 4.32. The molecule has 2 atom stereocenters. The molecule has 2 unspecified atom stereocenters. The van der Waals surface area contributed by atoms with E-state index in [1.54, 1.807) is 6.20 Å². The first-order valence-corrected chi connectivity index (χ1v) is 7.18. The van der Waals surface area contributed by atoms with Crippen molar-refractivity contribution < 1.29 is 0 Å². The van der Waals surface area contributed by atoms with Crippen molar-refractivity contribution in [3.8, 4) is 0 Å². The Hall–Kier alpha value is -0.250. The molecule has 1 aromatic rings. The Morgan fingerprint density at radius 2 is 2.25 bits per heavy atom. The molecule has 0 spiro atoms. The summed E-state index contributed by atoms with van der Waals surface area (Å²) in [5.74, 6) is 0. The minimum atomic E-state index is 0.259. The molecule has 1 heterocycles. The molecule has 0 saturated heterocycles. The maximum atomic E-state index is 6.03. The number of pyridine rings is 1. The summed E-state index contributed by atoms with van der Waals surface area (Å²) in [5, 5.41) is 4.76. The zero-order valence-corrected chi connectivity index (χ0v) is 11.6. The van der Waals surface area contributed by atoms with Crippen molar-refractivity contribution in [3.05, 3.63) is 29.0 Å². The second-order valence-electron chi connectivity index (χ2n) is 3.89. The highest BCUT2D eigenvalue weighted by atomic mass is 35.5. The lowest BCUT2D eigenvalue weighted by Gasteiger charge is -2.16. The molecule has 0 amide bonds. The Bertz CT molecular complexity index is 320. The van der Waals surface area contributed by atoms with Crippen LogP contribution in [0, 0.1) is 0 Å². The van der Waals surface area contributed by atoms with E-state index in [1.807, 2.05) is 23.9 Å². The fraction of sp³-hybridized carbons (Fsp3) is 0.583. The van der Waals surface area contributed by atoms with Gasteiger partial charge in [-0.3, -0.25) is 0 Å². The number of nitrogens with zero attached hydrogens (tertiary/aromatic N) is 1. The summed E-state index contributed by atoms with van der Waals surface area (Å²) in [6, 6.07) is 4.20. The number of aromatic nitrogens is 1. The molecule has 0 aliphatic carbocycles. The largest absolute Gasteiger partial charge is 0.310 e. The van der Waals surface area contributed by atoms with E-state index >= 15 is 0 Å². The lowest BCUT2D eigenvalue weighted by molar-refractivity contribution is 0.557. The number of halogens is 1. The topological polar surface area (TPSA) is 24.9 Å². The fourth-order valence-electron chi connectivity index (χ4n) is 1.45. The molecule has 0 aliphatic rings. The normalized spacial score (nSPS) is 14.8.